The van der Waals surface area contributed by atoms with E-state index in [1.165, 1.54) is 7.11 Å². The number of hydrogen-bond acceptors (Lipinski definition) is 9. The van der Waals surface area contributed by atoms with Crippen molar-refractivity contribution in [3.63, 3.8) is 0 Å². The van der Waals surface area contributed by atoms with E-state index in [1.54, 1.807) is 45.2 Å². The number of hydroxylamine groups is 2. The van der Waals surface area contributed by atoms with Crippen LogP contribution in [0.2, 0.25) is 0 Å². The highest BCUT2D eigenvalue weighted by Crippen LogP contribution is 2.39. The first-order chi connectivity index (χ1) is 21.3. The Balaban J connectivity index is 1.77. The van der Waals surface area contributed by atoms with Crippen LogP contribution < -0.4 is 29.6 Å². The summed E-state index contributed by atoms with van der Waals surface area (Å²) >= 11 is 1.57. The van der Waals surface area contributed by atoms with E-state index < -0.39 is 35.2 Å². The topological polar surface area (TPSA) is 127 Å². The lowest BCUT2D eigenvalue weighted by Crippen LogP contribution is -2.60. The second-order valence-electron chi connectivity index (χ2n) is 12.1. The molecule has 1 saturated heterocycles. The molecule has 1 radical (unpaired) electrons. The first kappa shape index (κ1) is 35.9. The summed E-state index contributed by atoms with van der Waals surface area (Å²) in [6.45, 7) is 7.35. The summed E-state index contributed by atoms with van der Waals surface area (Å²) in [7, 11) is 6.19. The number of ether oxygens (including phenoxy) is 5. The molecule has 12 heteroatoms. The third kappa shape index (κ3) is 9.21. The maximum absolute atomic E-state index is 13.5. The summed E-state index contributed by atoms with van der Waals surface area (Å²) in [6.07, 6.45) is 5.72. The number of carbonyl (C=O) groups is 2. The summed E-state index contributed by atoms with van der Waals surface area (Å²) in [5, 5.41) is 19.4. The van der Waals surface area contributed by atoms with Gasteiger partial charge in [0, 0.05) is 23.9 Å². The molecule has 0 aliphatic carbocycles. The van der Waals surface area contributed by atoms with Crippen molar-refractivity contribution in [2.75, 3.05) is 45.8 Å². The Morgan fingerprint density at radius 1 is 0.911 bits per heavy atom. The van der Waals surface area contributed by atoms with Crippen molar-refractivity contribution in [3.05, 3.63) is 41.5 Å². The van der Waals surface area contributed by atoms with Gasteiger partial charge in [-0.15, -0.1) is 10.3 Å². The number of nitrogens with one attached hydrogen (secondary N) is 2. The van der Waals surface area contributed by atoms with Crippen molar-refractivity contribution in [2.24, 2.45) is 0 Å². The molecule has 0 unspecified atom stereocenters. The third-order valence-electron chi connectivity index (χ3n) is 7.68. The number of carbonyl (C=O) groups excluding carboxylic acids is 2. The fourth-order valence-corrected chi connectivity index (χ4v) is 6.10. The molecule has 2 N–H and O–H groups in total. The molecule has 0 spiro atoms. The van der Waals surface area contributed by atoms with Gasteiger partial charge in [-0.3, -0.25) is 4.79 Å². The minimum Gasteiger partial charge on any atom is -0.495 e. The van der Waals surface area contributed by atoms with Crippen LogP contribution in [0.1, 0.15) is 58.1 Å². The van der Waals surface area contributed by atoms with Crippen molar-refractivity contribution < 1.29 is 38.5 Å². The number of piperidine rings is 1. The SMILES string of the molecule is COc1ccc(/C=C/c2cc(OC)c(OC)c(OC)c2)cc1NC(=O)[C@H](CCSC)NC(=O)OC1CC(C)(C)N([O])C(C)(C)C1. The number of anilines is 1. The number of alkyl carbamates (subject to hydrolysis) is 1. The molecule has 3 rings (SSSR count). The van der Waals surface area contributed by atoms with Gasteiger partial charge in [-0.05, 0) is 81.5 Å². The van der Waals surface area contributed by atoms with E-state index in [4.69, 9.17) is 23.7 Å². The van der Waals surface area contributed by atoms with Crippen molar-refractivity contribution in [1.29, 1.82) is 0 Å². The largest absolute Gasteiger partial charge is 0.495 e. The Labute approximate surface area is 270 Å². The number of benzene rings is 2. The fourth-order valence-electron chi connectivity index (χ4n) is 5.62. The molecular weight excluding hydrogens is 598 g/mol. The summed E-state index contributed by atoms with van der Waals surface area (Å²) in [4.78, 5) is 26.5. The number of nitrogens with zero attached hydrogens (tertiary/aromatic N) is 1. The molecule has 0 saturated carbocycles. The molecule has 1 atom stereocenters. The third-order valence-corrected chi connectivity index (χ3v) is 8.33. The van der Waals surface area contributed by atoms with Gasteiger partial charge in [0.1, 0.15) is 17.9 Å². The van der Waals surface area contributed by atoms with Crippen LogP contribution in [0, 0.1) is 0 Å². The zero-order chi connectivity index (χ0) is 33.4. The molecule has 1 aliphatic heterocycles. The van der Waals surface area contributed by atoms with Crippen LogP contribution in [0.3, 0.4) is 0 Å². The zero-order valence-electron chi connectivity index (χ0n) is 27.6. The van der Waals surface area contributed by atoms with E-state index in [-0.39, 0.29) is 0 Å². The van der Waals surface area contributed by atoms with Crippen molar-refractivity contribution >= 4 is 41.6 Å². The lowest BCUT2D eigenvalue weighted by Gasteiger charge is -2.49. The number of thioether (sulfide) groups is 1. The predicted molar refractivity (Wildman–Crippen MR) is 177 cm³/mol. The molecule has 2 aromatic carbocycles. The standard InChI is InChI=1S/C33H46N3O8S/c1-32(2)19-23(20-33(3,4)36(32)39)44-31(38)35-24(14-15-45-9)30(37)34-25-16-21(12-13-26(25)40-5)10-11-22-17-27(41-6)29(43-8)28(18-22)42-7/h10-13,16-18,23-24H,14-15,19-20H2,1-9H3,(H,34,37)(H,35,38)/b11-10+/t24-/m0/s1. The average Bonchev–Trinajstić information content (AvgIpc) is 2.99. The van der Waals surface area contributed by atoms with Crippen molar-refractivity contribution in [3.8, 4) is 23.0 Å². The maximum Gasteiger partial charge on any atom is 0.408 e. The van der Waals surface area contributed by atoms with Crippen LogP contribution in [0.25, 0.3) is 12.2 Å². The second kappa shape index (κ2) is 15.6. The van der Waals surface area contributed by atoms with E-state index in [0.717, 1.165) is 16.2 Å². The summed E-state index contributed by atoms with van der Waals surface area (Å²) in [5.41, 5.74) is 0.680. The Kier molecular flexibility index (Phi) is 12.4. The summed E-state index contributed by atoms with van der Waals surface area (Å²) in [5.74, 6) is 2.27. The fraction of sp³-hybridized carbons (Fsp3) is 0.515. The molecule has 2 aromatic rings. The normalized spacial score (nSPS) is 16.9. The number of hydrogen-bond donors (Lipinski definition) is 2. The van der Waals surface area contributed by atoms with Crippen LogP contribution in [-0.2, 0) is 14.7 Å². The molecule has 11 nitrogen and oxygen atoms in total. The Morgan fingerprint density at radius 2 is 1.49 bits per heavy atom. The van der Waals surface area contributed by atoms with Gasteiger partial charge in [0.05, 0.1) is 34.1 Å². The molecule has 0 aromatic heterocycles. The van der Waals surface area contributed by atoms with E-state index in [0.29, 0.717) is 53.7 Å². The molecule has 2 amide bonds. The molecule has 247 valence electrons. The van der Waals surface area contributed by atoms with Gasteiger partial charge in [-0.1, -0.05) is 18.2 Å². The van der Waals surface area contributed by atoms with E-state index in [1.807, 2.05) is 64.3 Å². The van der Waals surface area contributed by atoms with Gasteiger partial charge in [-0.2, -0.15) is 11.8 Å². The lowest BCUT2D eigenvalue weighted by molar-refractivity contribution is -0.298. The van der Waals surface area contributed by atoms with Gasteiger partial charge in [0.25, 0.3) is 0 Å². The van der Waals surface area contributed by atoms with Crippen LogP contribution >= 0.6 is 11.8 Å². The first-order valence-electron chi connectivity index (χ1n) is 14.7. The first-order valence-corrected chi connectivity index (χ1v) is 16.1. The van der Waals surface area contributed by atoms with Crippen molar-refractivity contribution in [2.45, 2.75) is 70.2 Å². The molecule has 1 aliphatic rings. The molecule has 1 fully saturated rings. The Hall–Kier alpha value is -3.61. The van der Waals surface area contributed by atoms with Crippen LogP contribution in [-0.4, -0.2) is 80.7 Å². The van der Waals surface area contributed by atoms with Gasteiger partial charge < -0.3 is 34.3 Å². The highest BCUT2D eigenvalue weighted by molar-refractivity contribution is 7.98. The van der Waals surface area contributed by atoms with Crippen LogP contribution in [0.4, 0.5) is 10.5 Å². The zero-order valence-corrected chi connectivity index (χ0v) is 28.5. The van der Waals surface area contributed by atoms with Crippen LogP contribution in [0.5, 0.6) is 23.0 Å². The highest BCUT2D eigenvalue weighted by Gasteiger charge is 2.47. The van der Waals surface area contributed by atoms with E-state index in [9.17, 15) is 14.8 Å². The van der Waals surface area contributed by atoms with Crippen LogP contribution in [0.15, 0.2) is 30.3 Å². The number of rotatable bonds is 13. The molecule has 1 heterocycles. The minimum absolute atomic E-state index is 0.390. The molecular formula is C33H46N3O8S. The highest BCUT2D eigenvalue weighted by atomic mass is 32.2. The Bertz CT molecular complexity index is 1320. The van der Waals surface area contributed by atoms with E-state index in [2.05, 4.69) is 10.6 Å². The quantitative estimate of drug-likeness (QED) is 0.251. The molecule has 45 heavy (non-hydrogen) atoms. The molecule has 0 bridgehead atoms. The predicted octanol–water partition coefficient (Wildman–Crippen LogP) is 6.04. The smallest absolute Gasteiger partial charge is 0.408 e. The summed E-state index contributed by atoms with van der Waals surface area (Å²) < 4.78 is 27.6. The second-order valence-corrected chi connectivity index (χ2v) is 13.1. The van der Waals surface area contributed by atoms with Gasteiger partial charge in [0.15, 0.2) is 11.5 Å². The van der Waals surface area contributed by atoms with Gasteiger partial charge >= 0.3 is 6.09 Å². The number of amides is 2. The minimum atomic E-state index is -0.853. The average molecular weight is 645 g/mol. The Morgan fingerprint density at radius 3 is 2.02 bits per heavy atom. The maximum atomic E-state index is 13.5. The summed E-state index contributed by atoms with van der Waals surface area (Å²) in [6, 6.07) is 8.22. The van der Waals surface area contributed by atoms with Gasteiger partial charge in [0.2, 0.25) is 11.7 Å². The lowest BCUT2D eigenvalue weighted by atomic mass is 9.80. The number of methoxy groups -OCH3 is 4. The van der Waals surface area contributed by atoms with Crippen molar-refractivity contribution in [1.82, 2.24) is 10.4 Å². The van der Waals surface area contributed by atoms with E-state index >= 15 is 0 Å². The monoisotopic (exact) mass is 644 g/mol. The van der Waals surface area contributed by atoms with Gasteiger partial charge in [-0.25, -0.2) is 4.79 Å².